The second-order valence-corrected chi connectivity index (χ2v) is 15.4. The van der Waals surface area contributed by atoms with Gasteiger partial charge in [0.05, 0.1) is 48.2 Å². The summed E-state index contributed by atoms with van der Waals surface area (Å²) in [7, 11) is 0. The summed E-state index contributed by atoms with van der Waals surface area (Å²) >= 11 is 0. The number of aromatic nitrogens is 2. The minimum atomic E-state index is -4.55. The molecule has 1 aliphatic carbocycles. The van der Waals surface area contributed by atoms with Crippen LogP contribution in [-0.2, 0) is 20.5 Å². The van der Waals surface area contributed by atoms with Crippen LogP contribution in [0.15, 0.2) is 54.3 Å². The van der Waals surface area contributed by atoms with Crippen LogP contribution in [-0.4, -0.2) is 98.8 Å². The molecule has 2 amide bonds. The largest absolute Gasteiger partial charge is 0.486 e. The van der Waals surface area contributed by atoms with Gasteiger partial charge in [0, 0.05) is 55.2 Å². The number of hydrogen-bond acceptors (Lipinski definition) is 13. The Hall–Kier alpha value is -4.97. The number of hydrogen-bond donors (Lipinski definition) is 5. The van der Waals surface area contributed by atoms with E-state index in [0.717, 1.165) is 17.8 Å². The molecule has 0 radical (unpaired) electrons. The number of fused-ring (bicyclic) bond motifs is 2. The number of anilines is 2. The smallest absolute Gasteiger partial charge is 0.416 e. The quantitative estimate of drug-likeness (QED) is 0.154. The zero-order valence-corrected chi connectivity index (χ0v) is 31.5. The Balaban J connectivity index is 0.986. The van der Waals surface area contributed by atoms with Gasteiger partial charge in [-0.15, -0.1) is 0 Å². The van der Waals surface area contributed by atoms with Gasteiger partial charge in [-0.25, -0.2) is 9.97 Å². The fourth-order valence-electron chi connectivity index (χ4n) is 8.36. The van der Waals surface area contributed by atoms with Crippen molar-refractivity contribution in [2.45, 2.75) is 88.9 Å². The maximum atomic E-state index is 13.6. The molecule has 304 valence electrons. The zero-order chi connectivity index (χ0) is 40.2. The summed E-state index contributed by atoms with van der Waals surface area (Å²) in [4.78, 5) is 39.5. The predicted octanol–water partition coefficient (Wildman–Crippen LogP) is 4.17. The van der Waals surface area contributed by atoms with Gasteiger partial charge >= 0.3 is 6.18 Å². The van der Waals surface area contributed by atoms with E-state index in [-0.39, 0.29) is 29.7 Å². The van der Waals surface area contributed by atoms with E-state index in [4.69, 9.17) is 19.9 Å². The zero-order valence-electron chi connectivity index (χ0n) is 31.5. The van der Waals surface area contributed by atoms with Crippen LogP contribution in [0.3, 0.4) is 0 Å². The molecule has 5 aliphatic rings. The lowest BCUT2D eigenvalue weighted by Crippen LogP contribution is -2.58. The number of piperidine rings is 2. The Bertz CT molecular complexity index is 2100. The molecule has 7 atom stereocenters. The first kappa shape index (κ1) is 38.9. The van der Waals surface area contributed by atoms with Crippen LogP contribution in [0.25, 0.3) is 10.9 Å². The molecule has 8 rings (SSSR count). The lowest BCUT2D eigenvalue weighted by molar-refractivity contribution is -0.149. The number of halogens is 3. The van der Waals surface area contributed by atoms with Gasteiger partial charge < -0.3 is 40.4 Å². The lowest BCUT2D eigenvalue weighted by atomic mass is 9.89. The van der Waals surface area contributed by atoms with Crippen molar-refractivity contribution < 1.29 is 47.2 Å². The second kappa shape index (κ2) is 15.4. The number of aliphatic hydroxyl groups is 2. The van der Waals surface area contributed by atoms with Crippen molar-refractivity contribution in [1.29, 1.82) is 0 Å². The van der Waals surface area contributed by atoms with Gasteiger partial charge in [-0.1, -0.05) is 6.08 Å². The van der Waals surface area contributed by atoms with Crippen molar-refractivity contribution >= 4 is 34.2 Å². The Morgan fingerprint density at radius 1 is 0.965 bits per heavy atom. The molecule has 57 heavy (non-hydrogen) atoms. The summed E-state index contributed by atoms with van der Waals surface area (Å²) in [6.07, 6.45) is 1.08. The van der Waals surface area contributed by atoms with Gasteiger partial charge in [-0.2, -0.15) is 13.2 Å². The molecule has 5 heterocycles. The Morgan fingerprint density at radius 3 is 2.42 bits per heavy atom. The highest BCUT2D eigenvalue weighted by molar-refractivity contribution is 6.07. The minimum Gasteiger partial charge on any atom is -0.486 e. The highest BCUT2D eigenvalue weighted by atomic mass is 19.4. The molecule has 3 aromatic rings. The number of imide groups is 1. The predicted molar refractivity (Wildman–Crippen MR) is 201 cm³/mol. The molecule has 0 saturated carbocycles. The Kier molecular flexibility index (Phi) is 10.5. The van der Waals surface area contributed by atoms with Crippen molar-refractivity contribution in [3.63, 3.8) is 0 Å². The molecule has 4 saturated heterocycles. The maximum Gasteiger partial charge on any atom is 0.416 e. The fourth-order valence-corrected chi connectivity index (χ4v) is 8.36. The fraction of sp³-hybridized carbons (Fsp3) is 0.500. The molecular weight excluding hydrogens is 747 g/mol. The number of alkyl halides is 3. The molecule has 2 aromatic carbocycles. The Morgan fingerprint density at radius 2 is 1.70 bits per heavy atom. The molecule has 14 nitrogen and oxygen atoms in total. The molecule has 0 bridgehead atoms. The Labute approximate surface area is 326 Å². The highest BCUT2D eigenvalue weighted by Crippen LogP contribution is 2.41. The van der Waals surface area contributed by atoms with Crippen LogP contribution in [0.5, 0.6) is 11.5 Å². The van der Waals surface area contributed by atoms with Gasteiger partial charge in [0.15, 0.2) is 11.5 Å². The number of aryl methyl sites for hydroxylation is 1. The van der Waals surface area contributed by atoms with Crippen LogP contribution in [0.1, 0.15) is 62.0 Å². The summed E-state index contributed by atoms with van der Waals surface area (Å²) in [6, 6.07) is 5.76. The van der Waals surface area contributed by atoms with Crippen LogP contribution in [0.2, 0.25) is 0 Å². The molecule has 4 aliphatic heterocycles. The number of carbonyl (C=O) groups is 2. The first-order valence-corrected chi connectivity index (χ1v) is 19.3. The topological polar surface area (TPSA) is 185 Å². The average molecular weight is 794 g/mol. The van der Waals surface area contributed by atoms with E-state index in [0.29, 0.717) is 98.0 Å². The number of allylic oxidation sites excluding steroid dienone is 1. The third-order valence-corrected chi connectivity index (χ3v) is 11.4. The van der Waals surface area contributed by atoms with Crippen molar-refractivity contribution in [2.24, 2.45) is 11.8 Å². The first-order chi connectivity index (χ1) is 27.2. The van der Waals surface area contributed by atoms with Crippen molar-refractivity contribution in [1.82, 2.24) is 25.1 Å². The SMILES string of the molecule is Cc1nc(N[C@H](C)c2cc(N)cc(C(F)(F)F)c2)c2cc(O[C@H]3CCOC3)c(OC3CCN(C4=CC5C(=O)N(C6CCC(O)NC6O)C(=O)C5C=C4)CC3)cc2n1. The summed E-state index contributed by atoms with van der Waals surface area (Å²) in [5.41, 5.74) is 6.79. The number of benzene rings is 2. The number of nitrogen functional groups attached to an aromatic ring is 1. The lowest BCUT2D eigenvalue weighted by Gasteiger charge is -2.36. The second-order valence-electron chi connectivity index (χ2n) is 15.4. The maximum absolute atomic E-state index is 13.6. The summed E-state index contributed by atoms with van der Waals surface area (Å²) < 4.78 is 59.4. The molecule has 6 N–H and O–H groups in total. The third kappa shape index (κ3) is 7.97. The molecule has 17 heteroatoms. The summed E-state index contributed by atoms with van der Waals surface area (Å²) in [5.74, 6) is -0.166. The van der Waals surface area contributed by atoms with Crippen molar-refractivity contribution in [3.8, 4) is 11.5 Å². The number of nitrogens with zero attached hydrogens (tertiary/aromatic N) is 4. The van der Waals surface area contributed by atoms with Crippen LogP contribution in [0.4, 0.5) is 24.7 Å². The van der Waals surface area contributed by atoms with Gasteiger partial charge in [0.2, 0.25) is 11.8 Å². The van der Waals surface area contributed by atoms with Crippen molar-refractivity contribution in [3.05, 3.63) is 71.2 Å². The van der Waals surface area contributed by atoms with E-state index in [2.05, 4.69) is 25.5 Å². The van der Waals surface area contributed by atoms with Crippen LogP contribution < -0.4 is 25.8 Å². The summed E-state index contributed by atoms with van der Waals surface area (Å²) in [6.45, 7) is 5.70. The number of ether oxygens (including phenoxy) is 3. The van der Waals surface area contributed by atoms with E-state index in [9.17, 15) is 33.0 Å². The number of amides is 2. The number of rotatable bonds is 9. The third-order valence-electron chi connectivity index (χ3n) is 11.4. The van der Waals surface area contributed by atoms with Gasteiger partial charge in [0.25, 0.3) is 0 Å². The normalized spacial score (nSPS) is 27.5. The van der Waals surface area contributed by atoms with E-state index in [1.807, 2.05) is 12.2 Å². The molecule has 5 unspecified atom stereocenters. The first-order valence-electron chi connectivity index (χ1n) is 19.3. The minimum absolute atomic E-state index is 0.00350. The van der Waals surface area contributed by atoms with Gasteiger partial charge in [-0.05, 0) is 68.7 Å². The van der Waals surface area contributed by atoms with E-state index >= 15 is 0 Å². The molecule has 1 aromatic heterocycles. The van der Waals surface area contributed by atoms with E-state index < -0.39 is 48.1 Å². The summed E-state index contributed by atoms with van der Waals surface area (Å²) in [5, 5.41) is 26.8. The van der Waals surface area contributed by atoms with Gasteiger partial charge in [-0.3, -0.25) is 19.8 Å². The molecule has 0 spiro atoms. The van der Waals surface area contributed by atoms with Crippen LogP contribution in [0, 0.1) is 18.8 Å². The highest BCUT2D eigenvalue weighted by Gasteiger charge is 2.51. The number of nitrogens with one attached hydrogen (secondary N) is 2. The van der Waals surface area contributed by atoms with E-state index in [1.165, 1.54) is 11.0 Å². The molecule has 4 fully saturated rings. The van der Waals surface area contributed by atoms with Crippen LogP contribution >= 0.6 is 0 Å². The number of aliphatic hydroxyl groups excluding tert-OH is 2. The number of nitrogens with two attached hydrogens (primary N) is 1. The van der Waals surface area contributed by atoms with Crippen molar-refractivity contribution in [2.75, 3.05) is 37.4 Å². The molecular formula is C40H46F3N7O7. The van der Waals surface area contributed by atoms with E-state index in [1.54, 1.807) is 32.1 Å². The number of carbonyl (C=O) groups excluding carboxylic acids is 2. The number of likely N-dealkylation sites (tertiary alicyclic amines) is 2. The standard InChI is InChI=1S/C40H46F3N7O7/c1-20(22-13-23(40(41,42)43)15-24(44)14-22)45-36-30-17-33(57-27-9-12-55-19-27)34(18-31(30)46-21(2)47-36)56-26-7-10-49(11-8-26)25-3-4-28-29(16-25)39(54)50(38(28)53)32-5-6-35(51)48-37(32)52/h3-4,13-18,20,26-29,32,35,37,48,51-52H,5-12,19,44H2,1-2H3,(H,45,46,47)/t20-,27+,28?,29?,32?,35?,37?/m1/s1. The average Bonchev–Trinajstić information content (AvgIpc) is 3.77. The monoisotopic (exact) mass is 793 g/mol. The van der Waals surface area contributed by atoms with Gasteiger partial charge in [0.1, 0.15) is 36.3 Å².